The quantitative estimate of drug-likeness (QED) is 0.864. The van der Waals surface area contributed by atoms with Crippen molar-refractivity contribution in [2.45, 2.75) is 26.3 Å². The largest absolute Gasteiger partial charge is 0.365 e. The van der Waals surface area contributed by atoms with Crippen LogP contribution in [0.3, 0.4) is 0 Å². The predicted molar refractivity (Wildman–Crippen MR) is 96.6 cm³/mol. The number of sulfone groups is 1. The number of amides is 1. The molecular formula is C17H20N4O3S. The molecule has 1 aliphatic rings. The normalized spacial score (nSPS) is 18.7. The fraction of sp³-hybridized carbons (Fsp3) is 0.353. The van der Waals surface area contributed by atoms with Crippen molar-refractivity contribution in [1.82, 2.24) is 9.97 Å². The molecule has 0 spiro atoms. The van der Waals surface area contributed by atoms with E-state index in [4.69, 9.17) is 0 Å². The zero-order valence-electron chi connectivity index (χ0n) is 14.1. The molecule has 1 fully saturated rings. The van der Waals surface area contributed by atoms with Crippen LogP contribution in [0.5, 0.6) is 0 Å². The van der Waals surface area contributed by atoms with Crippen molar-refractivity contribution < 1.29 is 13.2 Å². The van der Waals surface area contributed by atoms with E-state index < -0.39 is 9.84 Å². The lowest BCUT2D eigenvalue weighted by Gasteiger charge is -2.12. The van der Waals surface area contributed by atoms with Gasteiger partial charge in [0.05, 0.1) is 23.9 Å². The highest BCUT2D eigenvalue weighted by atomic mass is 32.2. The van der Waals surface area contributed by atoms with Crippen LogP contribution in [-0.4, -0.2) is 41.8 Å². The first-order valence-electron chi connectivity index (χ1n) is 8.00. The Labute approximate surface area is 146 Å². The summed E-state index contributed by atoms with van der Waals surface area (Å²) < 4.78 is 22.9. The molecule has 2 aromatic rings. The molecule has 0 radical (unpaired) electrons. The summed E-state index contributed by atoms with van der Waals surface area (Å²) in [4.78, 5) is 20.6. The van der Waals surface area contributed by atoms with E-state index in [-0.39, 0.29) is 29.1 Å². The monoisotopic (exact) mass is 360 g/mol. The van der Waals surface area contributed by atoms with E-state index in [0.29, 0.717) is 12.2 Å². The predicted octanol–water partition coefficient (Wildman–Crippen LogP) is 1.94. The van der Waals surface area contributed by atoms with Gasteiger partial charge in [0.15, 0.2) is 9.84 Å². The van der Waals surface area contributed by atoms with E-state index in [0.717, 1.165) is 16.8 Å². The molecule has 1 atom stereocenters. The molecule has 1 aromatic carbocycles. The van der Waals surface area contributed by atoms with Gasteiger partial charge in [0.25, 0.3) is 5.91 Å². The Morgan fingerprint density at radius 1 is 1.20 bits per heavy atom. The highest BCUT2D eigenvalue weighted by Gasteiger charge is 2.28. The number of carbonyl (C=O) groups excluding carboxylic acids is 1. The number of nitrogens with zero attached hydrogens (tertiary/aromatic N) is 2. The molecule has 2 N–H and O–H groups in total. The van der Waals surface area contributed by atoms with E-state index in [2.05, 4.69) is 20.6 Å². The molecule has 25 heavy (non-hydrogen) atoms. The van der Waals surface area contributed by atoms with Crippen molar-refractivity contribution in [3.8, 4) is 0 Å². The highest BCUT2D eigenvalue weighted by molar-refractivity contribution is 7.91. The number of benzene rings is 1. The van der Waals surface area contributed by atoms with Crippen molar-refractivity contribution >= 4 is 27.2 Å². The lowest BCUT2D eigenvalue weighted by Crippen LogP contribution is -2.22. The van der Waals surface area contributed by atoms with Crippen molar-refractivity contribution in [2.24, 2.45) is 0 Å². The molecule has 0 aliphatic carbocycles. The summed E-state index contributed by atoms with van der Waals surface area (Å²) in [5.74, 6) is 0.416. The van der Waals surface area contributed by atoms with Gasteiger partial charge < -0.3 is 10.6 Å². The van der Waals surface area contributed by atoms with Gasteiger partial charge in [-0.3, -0.25) is 4.79 Å². The van der Waals surface area contributed by atoms with Gasteiger partial charge in [-0.15, -0.1) is 0 Å². The lowest BCUT2D eigenvalue weighted by atomic mass is 10.1. The second kappa shape index (κ2) is 6.79. The fourth-order valence-corrected chi connectivity index (χ4v) is 4.38. The summed E-state index contributed by atoms with van der Waals surface area (Å²) in [5, 5.41) is 5.87. The van der Waals surface area contributed by atoms with Crippen LogP contribution in [0.25, 0.3) is 0 Å². The molecule has 8 heteroatoms. The third-order valence-corrected chi connectivity index (χ3v) is 6.09. The molecule has 0 saturated carbocycles. The Kier molecular flexibility index (Phi) is 4.71. The van der Waals surface area contributed by atoms with Crippen LogP contribution >= 0.6 is 0 Å². The van der Waals surface area contributed by atoms with E-state index in [1.54, 1.807) is 0 Å². The van der Waals surface area contributed by atoms with Gasteiger partial charge in [0.2, 0.25) is 0 Å². The van der Waals surface area contributed by atoms with Crippen molar-refractivity contribution in [1.29, 1.82) is 0 Å². The topological polar surface area (TPSA) is 101 Å². The minimum absolute atomic E-state index is 0.101. The number of hydrogen-bond acceptors (Lipinski definition) is 6. The standard InChI is InChI=1S/C17H20N4O3S/c1-11-4-3-5-14(12(11)2)21-17(22)15-8-19-16(9-18-15)20-13-6-7-25(23,24)10-13/h3-5,8-9,13H,6-7,10H2,1-2H3,(H,19,20)(H,21,22). The number of aryl methyl sites for hydroxylation is 1. The molecule has 132 valence electrons. The van der Waals surface area contributed by atoms with Crippen LogP contribution in [0.4, 0.5) is 11.5 Å². The van der Waals surface area contributed by atoms with Crippen LogP contribution in [0, 0.1) is 13.8 Å². The van der Waals surface area contributed by atoms with Gasteiger partial charge >= 0.3 is 0 Å². The van der Waals surface area contributed by atoms with E-state index >= 15 is 0 Å². The van der Waals surface area contributed by atoms with Crippen LogP contribution in [-0.2, 0) is 9.84 Å². The molecule has 3 rings (SSSR count). The van der Waals surface area contributed by atoms with Crippen molar-refractivity contribution in [2.75, 3.05) is 22.1 Å². The summed E-state index contributed by atoms with van der Waals surface area (Å²) in [7, 11) is -2.95. The Balaban J connectivity index is 1.65. The molecular weight excluding hydrogens is 340 g/mol. The minimum atomic E-state index is -2.95. The maximum atomic E-state index is 12.3. The molecule has 1 unspecified atom stereocenters. The molecule has 0 bridgehead atoms. The first kappa shape index (κ1) is 17.3. The highest BCUT2D eigenvalue weighted by Crippen LogP contribution is 2.19. The van der Waals surface area contributed by atoms with Crippen LogP contribution in [0.15, 0.2) is 30.6 Å². The Morgan fingerprint density at radius 2 is 2.00 bits per heavy atom. The summed E-state index contributed by atoms with van der Waals surface area (Å²) >= 11 is 0. The van der Waals surface area contributed by atoms with Crippen molar-refractivity contribution in [3.63, 3.8) is 0 Å². The Bertz CT molecular complexity index is 895. The van der Waals surface area contributed by atoms with Crippen LogP contribution < -0.4 is 10.6 Å². The lowest BCUT2D eigenvalue weighted by molar-refractivity contribution is 0.102. The third-order valence-electron chi connectivity index (χ3n) is 4.32. The van der Waals surface area contributed by atoms with Gasteiger partial charge in [-0.25, -0.2) is 18.4 Å². The van der Waals surface area contributed by atoms with Gasteiger partial charge in [-0.1, -0.05) is 12.1 Å². The Morgan fingerprint density at radius 3 is 2.64 bits per heavy atom. The molecule has 2 heterocycles. The second-order valence-electron chi connectivity index (χ2n) is 6.23. The molecule has 7 nitrogen and oxygen atoms in total. The number of nitrogens with one attached hydrogen (secondary N) is 2. The average Bonchev–Trinajstić information content (AvgIpc) is 2.91. The average molecular weight is 360 g/mol. The summed E-state index contributed by atoms with van der Waals surface area (Å²) in [6, 6.07) is 5.54. The second-order valence-corrected chi connectivity index (χ2v) is 8.46. The van der Waals surface area contributed by atoms with Gasteiger partial charge in [-0.2, -0.15) is 0 Å². The van der Waals surface area contributed by atoms with E-state index in [9.17, 15) is 13.2 Å². The van der Waals surface area contributed by atoms with Crippen LogP contribution in [0.2, 0.25) is 0 Å². The van der Waals surface area contributed by atoms with Gasteiger partial charge in [0, 0.05) is 11.7 Å². The number of anilines is 2. The zero-order valence-corrected chi connectivity index (χ0v) is 14.9. The van der Waals surface area contributed by atoms with Gasteiger partial charge in [-0.05, 0) is 37.5 Å². The number of rotatable bonds is 4. The molecule has 1 amide bonds. The minimum Gasteiger partial charge on any atom is -0.365 e. The first-order chi connectivity index (χ1) is 11.8. The van der Waals surface area contributed by atoms with E-state index in [1.165, 1.54) is 12.4 Å². The summed E-state index contributed by atoms with van der Waals surface area (Å²) in [6.45, 7) is 3.92. The first-order valence-corrected chi connectivity index (χ1v) is 9.83. The summed E-state index contributed by atoms with van der Waals surface area (Å²) in [5.41, 5.74) is 3.04. The summed E-state index contributed by atoms with van der Waals surface area (Å²) in [6.07, 6.45) is 3.38. The molecule has 1 aromatic heterocycles. The van der Waals surface area contributed by atoms with E-state index in [1.807, 2.05) is 32.0 Å². The SMILES string of the molecule is Cc1cccc(NC(=O)c2cnc(NC3CCS(=O)(=O)C3)cn2)c1C. The molecule has 1 aliphatic heterocycles. The fourth-order valence-electron chi connectivity index (χ4n) is 2.71. The number of aromatic nitrogens is 2. The maximum absolute atomic E-state index is 12.3. The number of carbonyl (C=O) groups is 1. The maximum Gasteiger partial charge on any atom is 0.275 e. The molecule has 1 saturated heterocycles. The van der Waals surface area contributed by atoms with Crippen LogP contribution in [0.1, 0.15) is 28.0 Å². The smallest absolute Gasteiger partial charge is 0.275 e. The zero-order chi connectivity index (χ0) is 18.0. The van der Waals surface area contributed by atoms with Crippen molar-refractivity contribution in [3.05, 3.63) is 47.4 Å². The Hall–Kier alpha value is -2.48. The van der Waals surface area contributed by atoms with Gasteiger partial charge in [0.1, 0.15) is 11.5 Å². The number of hydrogen-bond donors (Lipinski definition) is 2. The third kappa shape index (κ3) is 4.14.